The van der Waals surface area contributed by atoms with Crippen molar-refractivity contribution in [3.05, 3.63) is 35.4 Å². The lowest BCUT2D eigenvalue weighted by Crippen LogP contribution is -2.50. The molecule has 0 saturated heterocycles. The predicted octanol–water partition coefficient (Wildman–Crippen LogP) is 1.65. The first-order chi connectivity index (χ1) is 10.8. The van der Waals surface area contributed by atoms with Crippen LogP contribution in [0.1, 0.15) is 43.1 Å². The SMILES string of the molecule is CC(C)C[C@H](NC(=O)[C@H](C)N1Cc2ccccc2C1=O)C(=O)O. The molecule has 0 fully saturated rings. The first-order valence-electron chi connectivity index (χ1n) is 7.73. The van der Waals surface area contributed by atoms with Gasteiger partial charge in [-0.2, -0.15) is 0 Å². The van der Waals surface area contributed by atoms with Crippen molar-refractivity contribution < 1.29 is 19.5 Å². The molecular formula is C17H22N2O4. The summed E-state index contributed by atoms with van der Waals surface area (Å²) in [6, 6.07) is 5.57. The molecule has 2 rings (SSSR count). The number of nitrogens with one attached hydrogen (secondary N) is 1. The summed E-state index contributed by atoms with van der Waals surface area (Å²) in [5.41, 5.74) is 1.48. The number of nitrogens with zero attached hydrogens (tertiary/aromatic N) is 1. The van der Waals surface area contributed by atoms with Gasteiger partial charge in [0.25, 0.3) is 5.91 Å². The van der Waals surface area contributed by atoms with Crippen molar-refractivity contribution in [2.45, 2.75) is 45.8 Å². The molecule has 2 N–H and O–H groups in total. The molecule has 6 heteroatoms. The van der Waals surface area contributed by atoms with Crippen molar-refractivity contribution in [3.63, 3.8) is 0 Å². The Labute approximate surface area is 135 Å². The molecule has 124 valence electrons. The first-order valence-corrected chi connectivity index (χ1v) is 7.73. The Morgan fingerprint density at radius 1 is 1.26 bits per heavy atom. The quantitative estimate of drug-likeness (QED) is 0.835. The Kier molecular flexibility index (Phi) is 5.03. The standard InChI is InChI=1S/C17H22N2O4/c1-10(2)8-14(17(22)23)18-15(20)11(3)19-9-12-6-4-5-7-13(12)16(19)21/h4-7,10-11,14H,8-9H2,1-3H3,(H,18,20)(H,22,23)/t11-,14-/m0/s1. The van der Waals surface area contributed by atoms with E-state index in [9.17, 15) is 19.5 Å². The minimum absolute atomic E-state index is 0.143. The summed E-state index contributed by atoms with van der Waals surface area (Å²) in [4.78, 5) is 37.5. The molecule has 1 aliphatic rings. The maximum atomic E-state index is 12.4. The lowest BCUT2D eigenvalue weighted by atomic mass is 10.0. The summed E-state index contributed by atoms with van der Waals surface area (Å²) in [6.07, 6.45) is 0.349. The van der Waals surface area contributed by atoms with Gasteiger partial charge in [-0.1, -0.05) is 32.0 Å². The van der Waals surface area contributed by atoms with Gasteiger partial charge in [-0.15, -0.1) is 0 Å². The fourth-order valence-corrected chi connectivity index (χ4v) is 2.72. The highest BCUT2D eigenvalue weighted by Gasteiger charge is 2.34. The zero-order valence-corrected chi connectivity index (χ0v) is 13.6. The van der Waals surface area contributed by atoms with Crippen molar-refractivity contribution in [2.24, 2.45) is 5.92 Å². The van der Waals surface area contributed by atoms with Crippen LogP contribution in [-0.2, 0) is 16.1 Å². The van der Waals surface area contributed by atoms with Crippen LogP contribution in [0.25, 0.3) is 0 Å². The molecule has 2 amide bonds. The fourth-order valence-electron chi connectivity index (χ4n) is 2.72. The van der Waals surface area contributed by atoms with Gasteiger partial charge in [0.15, 0.2) is 0 Å². The van der Waals surface area contributed by atoms with Gasteiger partial charge in [-0.05, 0) is 30.9 Å². The number of aliphatic carboxylic acids is 1. The van der Waals surface area contributed by atoms with Crippen molar-refractivity contribution in [3.8, 4) is 0 Å². The maximum absolute atomic E-state index is 12.4. The zero-order valence-electron chi connectivity index (χ0n) is 13.6. The monoisotopic (exact) mass is 318 g/mol. The second-order valence-corrected chi connectivity index (χ2v) is 6.30. The van der Waals surface area contributed by atoms with Gasteiger partial charge in [0, 0.05) is 12.1 Å². The fraction of sp³-hybridized carbons (Fsp3) is 0.471. The van der Waals surface area contributed by atoms with Gasteiger partial charge < -0.3 is 15.3 Å². The number of carbonyl (C=O) groups is 3. The van der Waals surface area contributed by atoms with Crippen LogP contribution < -0.4 is 5.32 Å². The third kappa shape index (κ3) is 3.70. The van der Waals surface area contributed by atoms with E-state index < -0.39 is 24.0 Å². The lowest BCUT2D eigenvalue weighted by Gasteiger charge is -2.25. The Morgan fingerprint density at radius 2 is 1.91 bits per heavy atom. The molecule has 0 bridgehead atoms. The van der Waals surface area contributed by atoms with Crippen LogP contribution in [0.4, 0.5) is 0 Å². The van der Waals surface area contributed by atoms with Crippen LogP contribution in [0.15, 0.2) is 24.3 Å². The molecule has 2 atom stereocenters. The minimum atomic E-state index is -1.06. The van der Waals surface area contributed by atoms with E-state index in [2.05, 4.69) is 5.32 Å². The number of rotatable bonds is 6. The van der Waals surface area contributed by atoms with Gasteiger partial charge in [0.1, 0.15) is 12.1 Å². The number of hydrogen-bond donors (Lipinski definition) is 2. The van der Waals surface area contributed by atoms with Crippen molar-refractivity contribution in [1.82, 2.24) is 10.2 Å². The van der Waals surface area contributed by atoms with Crippen LogP contribution in [0.2, 0.25) is 0 Å². The lowest BCUT2D eigenvalue weighted by molar-refractivity contribution is -0.142. The molecule has 0 aliphatic carbocycles. The molecule has 0 unspecified atom stereocenters. The Bertz CT molecular complexity index is 627. The van der Waals surface area contributed by atoms with Gasteiger partial charge in [0.2, 0.25) is 5.91 Å². The van der Waals surface area contributed by atoms with Crippen LogP contribution in [0, 0.1) is 5.92 Å². The van der Waals surface area contributed by atoms with E-state index in [1.54, 1.807) is 19.1 Å². The average molecular weight is 318 g/mol. The first kappa shape index (κ1) is 17.0. The van der Waals surface area contributed by atoms with E-state index in [4.69, 9.17) is 0 Å². The number of amides is 2. The number of carboxylic acid groups (broad SMARTS) is 1. The maximum Gasteiger partial charge on any atom is 0.326 e. The summed E-state index contributed by atoms with van der Waals surface area (Å²) < 4.78 is 0. The topological polar surface area (TPSA) is 86.7 Å². The minimum Gasteiger partial charge on any atom is -0.480 e. The van der Waals surface area contributed by atoms with Crippen LogP contribution in [-0.4, -0.2) is 39.9 Å². The number of carboxylic acids is 1. The highest BCUT2D eigenvalue weighted by Crippen LogP contribution is 2.24. The number of carbonyl (C=O) groups excluding carboxylic acids is 2. The molecule has 0 spiro atoms. The van der Waals surface area contributed by atoms with E-state index in [1.807, 2.05) is 26.0 Å². The molecule has 1 heterocycles. The molecule has 0 radical (unpaired) electrons. The molecule has 1 aromatic carbocycles. The van der Waals surface area contributed by atoms with E-state index in [0.29, 0.717) is 18.5 Å². The smallest absolute Gasteiger partial charge is 0.326 e. The van der Waals surface area contributed by atoms with E-state index >= 15 is 0 Å². The van der Waals surface area contributed by atoms with Gasteiger partial charge >= 0.3 is 5.97 Å². The zero-order chi connectivity index (χ0) is 17.1. The molecular weight excluding hydrogens is 296 g/mol. The van der Waals surface area contributed by atoms with Gasteiger partial charge in [-0.3, -0.25) is 9.59 Å². The summed E-state index contributed by atoms with van der Waals surface area (Å²) in [7, 11) is 0. The molecule has 1 aliphatic heterocycles. The van der Waals surface area contributed by atoms with Crippen molar-refractivity contribution in [2.75, 3.05) is 0 Å². The van der Waals surface area contributed by atoms with E-state index in [0.717, 1.165) is 5.56 Å². The van der Waals surface area contributed by atoms with Crippen LogP contribution >= 0.6 is 0 Å². The molecule has 23 heavy (non-hydrogen) atoms. The predicted molar refractivity (Wildman–Crippen MR) is 84.8 cm³/mol. The highest BCUT2D eigenvalue weighted by atomic mass is 16.4. The summed E-state index contributed by atoms with van der Waals surface area (Å²) in [5, 5.41) is 11.8. The second-order valence-electron chi connectivity index (χ2n) is 6.30. The molecule has 0 saturated carbocycles. The van der Waals surface area contributed by atoms with Crippen LogP contribution in [0.5, 0.6) is 0 Å². The Morgan fingerprint density at radius 3 is 2.48 bits per heavy atom. The van der Waals surface area contributed by atoms with Crippen molar-refractivity contribution >= 4 is 17.8 Å². The van der Waals surface area contributed by atoms with E-state index in [-0.39, 0.29) is 11.8 Å². The van der Waals surface area contributed by atoms with Gasteiger partial charge in [-0.25, -0.2) is 4.79 Å². The van der Waals surface area contributed by atoms with E-state index in [1.165, 1.54) is 4.90 Å². The molecule has 6 nitrogen and oxygen atoms in total. The number of benzene rings is 1. The molecule has 0 aromatic heterocycles. The highest BCUT2D eigenvalue weighted by molar-refractivity contribution is 6.01. The Balaban J connectivity index is 2.06. The number of hydrogen-bond acceptors (Lipinski definition) is 3. The van der Waals surface area contributed by atoms with Crippen LogP contribution in [0.3, 0.4) is 0 Å². The second kappa shape index (κ2) is 6.81. The molecule has 1 aromatic rings. The van der Waals surface area contributed by atoms with Crippen molar-refractivity contribution in [1.29, 1.82) is 0 Å². The third-order valence-corrected chi connectivity index (χ3v) is 4.02. The normalized spacial score (nSPS) is 16.2. The third-order valence-electron chi connectivity index (χ3n) is 4.02. The average Bonchev–Trinajstić information content (AvgIpc) is 2.82. The number of fused-ring (bicyclic) bond motifs is 1. The summed E-state index contributed by atoms with van der Waals surface area (Å²) in [5.74, 6) is -1.56. The van der Waals surface area contributed by atoms with Gasteiger partial charge in [0.05, 0.1) is 0 Å². The summed E-state index contributed by atoms with van der Waals surface area (Å²) >= 11 is 0. The largest absolute Gasteiger partial charge is 0.480 e. The summed E-state index contributed by atoms with van der Waals surface area (Å²) in [6.45, 7) is 5.78. The Hall–Kier alpha value is -2.37.